The van der Waals surface area contributed by atoms with Gasteiger partial charge >= 0.3 is 0 Å². The van der Waals surface area contributed by atoms with Gasteiger partial charge in [0.1, 0.15) is 5.02 Å². The summed E-state index contributed by atoms with van der Waals surface area (Å²) in [4.78, 5) is 14.8. The lowest BCUT2D eigenvalue weighted by atomic mass is 10.1. The van der Waals surface area contributed by atoms with Crippen LogP contribution in [-0.4, -0.2) is 40.9 Å². The van der Waals surface area contributed by atoms with Crippen molar-refractivity contribution >= 4 is 28.9 Å². The summed E-state index contributed by atoms with van der Waals surface area (Å²) in [6, 6.07) is 5.68. The normalized spacial score (nSPS) is 16.3. The van der Waals surface area contributed by atoms with Gasteiger partial charge in [0.05, 0.1) is 17.6 Å². The van der Waals surface area contributed by atoms with Crippen molar-refractivity contribution in [2.45, 2.75) is 25.8 Å². The second-order valence-electron chi connectivity index (χ2n) is 6.24. The third-order valence-corrected chi connectivity index (χ3v) is 5.17. The van der Waals surface area contributed by atoms with Crippen molar-refractivity contribution in [3.05, 3.63) is 50.4 Å². The Morgan fingerprint density at radius 1 is 1.25 bits per heavy atom. The number of aryl methyl sites for hydroxylation is 1. The van der Waals surface area contributed by atoms with E-state index in [9.17, 15) is 4.79 Å². The summed E-state index contributed by atoms with van der Waals surface area (Å²) in [5, 5.41) is 8.34. The third-order valence-electron chi connectivity index (χ3n) is 4.40. The van der Waals surface area contributed by atoms with E-state index in [0.29, 0.717) is 22.4 Å². The molecule has 1 fully saturated rings. The van der Waals surface area contributed by atoms with E-state index in [1.54, 1.807) is 18.3 Å². The van der Waals surface area contributed by atoms with Crippen LogP contribution in [0.3, 0.4) is 0 Å². The zero-order valence-electron chi connectivity index (χ0n) is 13.7. The number of hydrogen-bond donors (Lipinski definition) is 1. The average molecular weight is 367 g/mol. The molecule has 24 heavy (non-hydrogen) atoms. The summed E-state index contributed by atoms with van der Waals surface area (Å²) in [5.74, 6) is 0. The first-order valence-corrected chi connectivity index (χ1v) is 8.70. The summed E-state index contributed by atoms with van der Waals surface area (Å²) >= 11 is 12.4. The van der Waals surface area contributed by atoms with Crippen molar-refractivity contribution in [1.82, 2.24) is 14.7 Å². The van der Waals surface area contributed by atoms with Crippen LogP contribution in [0.25, 0.3) is 5.69 Å². The van der Waals surface area contributed by atoms with Gasteiger partial charge in [0.15, 0.2) is 0 Å². The fourth-order valence-electron chi connectivity index (χ4n) is 2.80. The second kappa shape index (κ2) is 7.13. The van der Waals surface area contributed by atoms with Crippen LogP contribution in [0.2, 0.25) is 10.0 Å². The first kappa shape index (κ1) is 17.3. The van der Waals surface area contributed by atoms with E-state index in [2.05, 4.69) is 22.4 Å². The van der Waals surface area contributed by atoms with Gasteiger partial charge in [-0.25, -0.2) is 0 Å². The molecule has 1 aliphatic rings. The number of anilines is 1. The fourth-order valence-corrected chi connectivity index (χ4v) is 3.16. The number of rotatable bonds is 3. The van der Waals surface area contributed by atoms with E-state index >= 15 is 0 Å². The lowest BCUT2D eigenvalue weighted by Crippen LogP contribution is -2.37. The molecule has 1 saturated heterocycles. The number of nitrogens with zero attached hydrogens (tertiary/aromatic N) is 3. The number of piperidine rings is 1. The molecule has 1 aliphatic heterocycles. The van der Waals surface area contributed by atoms with Gasteiger partial charge in [-0.05, 0) is 57.6 Å². The zero-order chi connectivity index (χ0) is 17.3. The maximum Gasteiger partial charge on any atom is 0.292 e. The molecular weight excluding hydrogens is 347 g/mol. The molecule has 1 N–H and O–H groups in total. The quantitative estimate of drug-likeness (QED) is 0.904. The molecule has 2 heterocycles. The average Bonchev–Trinajstić information content (AvgIpc) is 2.57. The Balaban J connectivity index is 1.86. The van der Waals surface area contributed by atoms with Crippen LogP contribution >= 0.6 is 23.2 Å². The number of hydrogen-bond acceptors (Lipinski definition) is 4. The van der Waals surface area contributed by atoms with Crippen molar-refractivity contribution in [2.75, 3.05) is 25.5 Å². The van der Waals surface area contributed by atoms with Gasteiger partial charge in [0.25, 0.3) is 5.56 Å². The van der Waals surface area contributed by atoms with Crippen LogP contribution in [0.15, 0.2) is 29.2 Å². The minimum absolute atomic E-state index is 0.153. The number of nitrogens with one attached hydrogen (secondary N) is 1. The molecule has 0 bridgehead atoms. The molecule has 1 aromatic heterocycles. The van der Waals surface area contributed by atoms with Crippen LogP contribution < -0.4 is 10.9 Å². The van der Waals surface area contributed by atoms with E-state index in [4.69, 9.17) is 23.2 Å². The maximum atomic E-state index is 12.6. The Morgan fingerprint density at radius 3 is 2.62 bits per heavy atom. The highest BCUT2D eigenvalue weighted by Crippen LogP contribution is 2.22. The van der Waals surface area contributed by atoms with Gasteiger partial charge in [-0.1, -0.05) is 29.3 Å². The molecule has 0 atom stereocenters. The SMILES string of the molecule is Cc1ccc(-n2ncc(NC3CCN(C)CC3)c(Cl)c2=O)cc1Cl. The number of benzene rings is 1. The number of aromatic nitrogens is 2. The van der Waals surface area contributed by atoms with E-state index in [1.807, 2.05) is 13.0 Å². The Labute approximate surface area is 151 Å². The summed E-state index contributed by atoms with van der Waals surface area (Å²) in [7, 11) is 2.11. The first-order valence-electron chi connectivity index (χ1n) is 7.95. The molecule has 3 rings (SSSR count). The lowest BCUT2D eigenvalue weighted by molar-refractivity contribution is 0.264. The standard InChI is InChI=1S/C17H20Cl2N4O/c1-11-3-4-13(9-14(11)18)23-17(24)16(19)15(10-20-23)21-12-5-7-22(2)8-6-12/h3-4,9-10,12,21H,5-8H2,1-2H3. The second-order valence-corrected chi connectivity index (χ2v) is 7.03. The van der Waals surface area contributed by atoms with Crippen LogP contribution in [-0.2, 0) is 0 Å². The third kappa shape index (κ3) is 3.58. The maximum absolute atomic E-state index is 12.6. The van der Waals surface area contributed by atoms with Crippen molar-refractivity contribution in [3.63, 3.8) is 0 Å². The molecule has 128 valence electrons. The predicted octanol–water partition coefficient (Wildman–Crippen LogP) is 3.35. The monoisotopic (exact) mass is 366 g/mol. The first-order chi connectivity index (χ1) is 11.5. The fraction of sp³-hybridized carbons (Fsp3) is 0.412. The summed E-state index contributed by atoms with van der Waals surface area (Å²) < 4.78 is 1.27. The van der Waals surface area contributed by atoms with Crippen LogP contribution in [0.1, 0.15) is 18.4 Å². The van der Waals surface area contributed by atoms with Gasteiger partial charge in [-0.2, -0.15) is 9.78 Å². The Hall–Kier alpha value is -1.56. The van der Waals surface area contributed by atoms with Crippen molar-refractivity contribution in [2.24, 2.45) is 0 Å². The summed E-state index contributed by atoms with van der Waals surface area (Å²) in [6.07, 6.45) is 3.64. The molecule has 0 unspecified atom stereocenters. The van der Waals surface area contributed by atoms with Crippen LogP contribution in [0.5, 0.6) is 0 Å². The topological polar surface area (TPSA) is 50.2 Å². The van der Waals surface area contributed by atoms with Gasteiger partial charge < -0.3 is 10.2 Å². The molecule has 0 amide bonds. The highest BCUT2D eigenvalue weighted by molar-refractivity contribution is 6.33. The Kier molecular flexibility index (Phi) is 5.13. The van der Waals surface area contributed by atoms with E-state index in [0.717, 1.165) is 31.5 Å². The van der Waals surface area contributed by atoms with Crippen molar-refractivity contribution in [3.8, 4) is 5.69 Å². The van der Waals surface area contributed by atoms with Gasteiger partial charge in [0, 0.05) is 11.1 Å². The zero-order valence-corrected chi connectivity index (χ0v) is 15.2. The van der Waals surface area contributed by atoms with Crippen molar-refractivity contribution in [1.29, 1.82) is 0 Å². The molecule has 0 aliphatic carbocycles. The Bertz CT molecular complexity index is 798. The molecule has 5 nitrogen and oxygen atoms in total. The highest BCUT2D eigenvalue weighted by Gasteiger charge is 2.19. The van der Waals surface area contributed by atoms with Gasteiger partial charge in [-0.15, -0.1) is 0 Å². The van der Waals surface area contributed by atoms with Gasteiger partial charge in [0.2, 0.25) is 0 Å². The summed E-state index contributed by atoms with van der Waals surface area (Å²) in [5.41, 5.74) is 1.78. The lowest BCUT2D eigenvalue weighted by Gasteiger charge is -2.30. The molecule has 0 radical (unpaired) electrons. The van der Waals surface area contributed by atoms with E-state index in [-0.39, 0.29) is 10.6 Å². The predicted molar refractivity (Wildman–Crippen MR) is 98.7 cm³/mol. The molecular formula is C17H20Cl2N4O. The van der Waals surface area contributed by atoms with Crippen LogP contribution in [0.4, 0.5) is 5.69 Å². The minimum atomic E-state index is -0.352. The molecule has 0 saturated carbocycles. The van der Waals surface area contributed by atoms with Crippen molar-refractivity contribution < 1.29 is 0 Å². The summed E-state index contributed by atoms with van der Waals surface area (Å²) in [6.45, 7) is 3.97. The number of likely N-dealkylation sites (tertiary alicyclic amines) is 1. The van der Waals surface area contributed by atoms with Crippen LogP contribution in [0, 0.1) is 6.92 Å². The molecule has 0 spiro atoms. The smallest absolute Gasteiger partial charge is 0.292 e. The van der Waals surface area contributed by atoms with E-state index < -0.39 is 0 Å². The largest absolute Gasteiger partial charge is 0.380 e. The Morgan fingerprint density at radius 2 is 1.96 bits per heavy atom. The highest BCUT2D eigenvalue weighted by atomic mass is 35.5. The molecule has 1 aromatic carbocycles. The van der Waals surface area contributed by atoms with Gasteiger partial charge in [-0.3, -0.25) is 4.79 Å². The molecule has 7 heteroatoms. The number of halogens is 2. The van der Waals surface area contributed by atoms with E-state index in [1.165, 1.54) is 4.68 Å². The molecule has 2 aromatic rings. The minimum Gasteiger partial charge on any atom is -0.380 e.